The van der Waals surface area contributed by atoms with E-state index in [9.17, 15) is 22.8 Å². The quantitative estimate of drug-likeness (QED) is 0.282. The Kier molecular flexibility index (Phi) is 10.2. The molecule has 1 aliphatic carbocycles. The van der Waals surface area contributed by atoms with Gasteiger partial charge in [-0.2, -0.15) is 0 Å². The van der Waals surface area contributed by atoms with Gasteiger partial charge in [-0.15, -0.1) is 0 Å². The normalized spacial score (nSPS) is 17.0. The van der Waals surface area contributed by atoms with E-state index in [1.807, 2.05) is 19.9 Å². The van der Waals surface area contributed by atoms with Gasteiger partial charge in [0.2, 0.25) is 33.0 Å². The van der Waals surface area contributed by atoms with E-state index in [1.165, 1.54) is 31.5 Å². The Morgan fingerprint density at radius 3 is 2.25 bits per heavy atom. The van der Waals surface area contributed by atoms with Crippen molar-refractivity contribution < 1.29 is 32.2 Å². The minimum atomic E-state index is -3.32. The minimum absolute atomic E-state index is 0.117. The molecule has 13 heteroatoms. The van der Waals surface area contributed by atoms with E-state index in [0.29, 0.717) is 65.6 Å². The van der Waals surface area contributed by atoms with Crippen LogP contribution < -0.4 is 39.9 Å². The second-order valence-electron chi connectivity index (χ2n) is 12.2. The van der Waals surface area contributed by atoms with E-state index in [4.69, 9.17) is 14.2 Å². The van der Waals surface area contributed by atoms with Crippen molar-refractivity contribution in [3.63, 3.8) is 0 Å². The summed E-state index contributed by atoms with van der Waals surface area (Å²) in [6, 6.07) is 12.2. The van der Waals surface area contributed by atoms with Gasteiger partial charge in [-0.25, -0.2) is 8.42 Å². The van der Waals surface area contributed by atoms with E-state index in [-0.39, 0.29) is 34.6 Å². The van der Waals surface area contributed by atoms with Gasteiger partial charge >= 0.3 is 0 Å². The second-order valence-corrected chi connectivity index (χ2v) is 14.3. The zero-order valence-corrected chi connectivity index (χ0v) is 28.8. The van der Waals surface area contributed by atoms with Gasteiger partial charge < -0.3 is 30.2 Å². The molecule has 12 nitrogen and oxygen atoms in total. The Hall–Kier alpha value is -4.78. The molecule has 5 rings (SSSR count). The van der Waals surface area contributed by atoms with Crippen LogP contribution in [0.5, 0.6) is 17.2 Å². The maximum absolute atomic E-state index is 13.8. The number of benzene rings is 2. The predicted molar refractivity (Wildman–Crippen MR) is 186 cm³/mol. The van der Waals surface area contributed by atoms with Gasteiger partial charge in [-0.3, -0.25) is 18.7 Å². The number of hydrogen-bond donors (Lipinski definition) is 3. The van der Waals surface area contributed by atoms with Crippen molar-refractivity contribution >= 4 is 38.9 Å². The van der Waals surface area contributed by atoms with Crippen molar-refractivity contribution in [2.24, 2.45) is 5.92 Å². The number of rotatable bonds is 10. The zero-order chi connectivity index (χ0) is 34.7. The van der Waals surface area contributed by atoms with Gasteiger partial charge in [-0.05, 0) is 84.3 Å². The van der Waals surface area contributed by atoms with Gasteiger partial charge in [0, 0.05) is 24.7 Å². The van der Waals surface area contributed by atoms with Gasteiger partial charge in [0.15, 0.2) is 11.5 Å². The van der Waals surface area contributed by atoms with E-state index in [0.717, 1.165) is 11.1 Å². The van der Waals surface area contributed by atoms with Crippen molar-refractivity contribution in [2.45, 2.75) is 52.1 Å². The molecule has 0 spiro atoms. The Morgan fingerprint density at radius 1 is 0.958 bits per heavy atom. The Balaban J connectivity index is 1.51. The van der Waals surface area contributed by atoms with Crippen LogP contribution in [0.3, 0.4) is 0 Å². The van der Waals surface area contributed by atoms with E-state index < -0.39 is 22.1 Å². The number of aryl methyl sites for hydroxylation is 1. The van der Waals surface area contributed by atoms with E-state index in [1.54, 1.807) is 43.5 Å². The Bertz CT molecular complexity index is 1880. The molecule has 1 heterocycles. The van der Waals surface area contributed by atoms with Crippen molar-refractivity contribution in [3.8, 4) is 28.4 Å². The summed E-state index contributed by atoms with van der Waals surface area (Å²) in [4.78, 5) is 39.7. The van der Waals surface area contributed by atoms with Crippen LogP contribution in [-0.4, -0.2) is 59.9 Å². The lowest BCUT2D eigenvalue weighted by molar-refractivity contribution is -0.120. The molecule has 1 saturated heterocycles. The van der Waals surface area contributed by atoms with Crippen LogP contribution in [0.15, 0.2) is 53.3 Å². The monoisotopic (exact) mass is 678 g/mol. The van der Waals surface area contributed by atoms with Gasteiger partial charge in [0.1, 0.15) is 6.04 Å². The number of ether oxygens (including phenoxy) is 3. The predicted octanol–water partition coefficient (Wildman–Crippen LogP) is 4.48. The molecule has 2 atom stereocenters. The van der Waals surface area contributed by atoms with Gasteiger partial charge in [-0.1, -0.05) is 19.9 Å². The maximum atomic E-state index is 13.8. The first-order valence-corrected chi connectivity index (χ1v) is 17.4. The molecule has 1 fully saturated rings. The highest BCUT2D eigenvalue weighted by atomic mass is 32.2. The fourth-order valence-electron chi connectivity index (χ4n) is 6.39. The third-order valence-electron chi connectivity index (χ3n) is 8.70. The summed E-state index contributed by atoms with van der Waals surface area (Å²) in [7, 11) is 1.29. The lowest BCUT2D eigenvalue weighted by Crippen LogP contribution is -2.39. The Labute approximate surface area is 280 Å². The lowest BCUT2D eigenvalue weighted by Gasteiger charge is -2.22. The summed E-state index contributed by atoms with van der Waals surface area (Å²) in [6.07, 6.45) is 1.66. The molecule has 3 N–H and O–H groups in total. The number of hydrogen-bond acceptors (Lipinski definition) is 9. The number of sulfonamides is 1. The molecule has 0 bridgehead atoms. The van der Waals surface area contributed by atoms with Crippen molar-refractivity contribution in [3.05, 3.63) is 69.9 Å². The third kappa shape index (κ3) is 6.91. The number of anilines is 3. The van der Waals surface area contributed by atoms with Crippen molar-refractivity contribution in [1.82, 2.24) is 5.32 Å². The van der Waals surface area contributed by atoms with Crippen molar-refractivity contribution in [1.29, 1.82) is 0 Å². The lowest BCUT2D eigenvalue weighted by atomic mass is 9.95. The number of methoxy groups -OCH3 is 3. The van der Waals surface area contributed by atoms with Gasteiger partial charge in [0.05, 0.1) is 44.5 Å². The smallest absolute Gasteiger partial charge is 0.247 e. The molecule has 2 unspecified atom stereocenters. The summed E-state index contributed by atoms with van der Waals surface area (Å²) in [5.74, 6) is 0.653. The molecule has 0 saturated carbocycles. The second kappa shape index (κ2) is 14.1. The fraction of sp³-hybridized carbons (Fsp3) is 0.400. The molecule has 3 aromatic carbocycles. The molecule has 2 aliphatic rings. The van der Waals surface area contributed by atoms with Crippen LogP contribution in [0, 0.1) is 5.92 Å². The highest BCUT2D eigenvalue weighted by molar-refractivity contribution is 7.93. The molecule has 48 heavy (non-hydrogen) atoms. The van der Waals surface area contributed by atoms with Crippen LogP contribution in [0.25, 0.3) is 11.1 Å². The molecular formula is C35H42N4O8S. The summed E-state index contributed by atoms with van der Waals surface area (Å²) >= 11 is 0. The summed E-state index contributed by atoms with van der Waals surface area (Å²) < 4.78 is 43.1. The van der Waals surface area contributed by atoms with Crippen LogP contribution >= 0.6 is 0 Å². The number of carbonyl (C=O) groups is 2. The average molecular weight is 679 g/mol. The van der Waals surface area contributed by atoms with Crippen molar-refractivity contribution in [2.75, 3.05) is 48.6 Å². The molecule has 256 valence electrons. The van der Waals surface area contributed by atoms with Crippen LogP contribution in [0.1, 0.15) is 50.8 Å². The molecule has 2 amide bonds. The topological polar surface area (TPSA) is 152 Å². The highest BCUT2D eigenvalue weighted by Crippen LogP contribution is 2.50. The molecule has 0 radical (unpaired) electrons. The first-order valence-electron chi connectivity index (χ1n) is 15.8. The van der Waals surface area contributed by atoms with E-state index >= 15 is 0 Å². The van der Waals surface area contributed by atoms with E-state index in [2.05, 4.69) is 16.0 Å². The summed E-state index contributed by atoms with van der Waals surface area (Å²) in [6.45, 7) is 5.60. The first-order chi connectivity index (χ1) is 22.9. The van der Waals surface area contributed by atoms with Gasteiger partial charge in [0.25, 0.3) is 0 Å². The SMILES string of the molecule is COc1cc2c(c(OC)c1OC)-c1ccc(NC(C(=O)Nc3ccc(N4CCCS4(=O)=O)cc3)C(C)C)c(=O)cc1C(NC(C)=O)CC2. The zero-order valence-electron chi connectivity index (χ0n) is 28.0. The first kappa shape index (κ1) is 34.6. The van der Waals surface area contributed by atoms with Crippen LogP contribution in [0.4, 0.5) is 17.1 Å². The minimum Gasteiger partial charge on any atom is -0.493 e. The standard InChI is InChI=1S/C35H42N4O8S/c1-20(2)32(35(42)37-23-9-11-24(12-10-23)39-16-7-17-48(39,43)44)38-28-15-13-25-26(19-29(28)41)27(36-21(3)40)14-8-22-18-30(45-4)33(46-5)34(47-6)31(22)25/h9-13,15,18-20,27,32H,7-8,14,16-17H2,1-6H3,(H,36,40)(H,37,42)(H,38,41). The fourth-order valence-corrected chi connectivity index (χ4v) is 7.95. The largest absolute Gasteiger partial charge is 0.493 e. The average Bonchev–Trinajstić information content (AvgIpc) is 3.24. The summed E-state index contributed by atoms with van der Waals surface area (Å²) in [5.41, 5.74) is 3.80. The number of amides is 2. The third-order valence-corrected chi connectivity index (χ3v) is 10.6. The number of nitrogens with zero attached hydrogens (tertiary/aromatic N) is 1. The number of fused-ring (bicyclic) bond motifs is 3. The highest BCUT2D eigenvalue weighted by Gasteiger charge is 2.31. The molecular weight excluding hydrogens is 636 g/mol. The summed E-state index contributed by atoms with van der Waals surface area (Å²) in [5, 5.41) is 9.05. The molecule has 1 aliphatic heterocycles. The maximum Gasteiger partial charge on any atom is 0.247 e. The molecule has 0 aromatic heterocycles. The number of carbonyl (C=O) groups excluding carboxylic acids is 2. The van der Waals surface area contributed by atoms with Crippen LogP contribution in [0.2, 0.25) is 0 Å². The molecule has 3 aromatic rings. The Morgan fingerprint density at radius 2 is 1.67 bits per heavy atom. The van der Waals surface area contributed by atoms with Crippen LogP contribution in [-0.2, 0) is 26.0 Å². The number of nitrogens with one attached hydrogen (secondary N) is 3.